The van der Waals surface area contributed by atoms with Crippen molar-refractivity contribution in [1.29, 1.82) is 0 Å². The number of nitrogens with one attached hydrogen (secondary N) is 1. The molecule has 20 heavy (non-hydrogen) atoms. The molecule has 1 unspecified atom stereocenters. The number of halogens is 2. The van der Waals surface area contributed by atoms with Gasteiger partial charge in [-0.15, -0.1) is 0 Å². The molecule has 1 atom stereocenters. The summed E-state index contributed by atoms with van der Waals surface area (Å²) in [5, 5.41) is 14.3. The molecule has 2 N–H and O–H groups in total. The molecular weight excluding hydrogens is 317 g/mol. The van der Waals surface area contributed by atoms with Crippen molar-refractivity contribution >= 4 is 35.0 Å². The molecule has 0 amide bonds. The topological polar surface area (TPSA) is 41.5 Å². The molecule has 2 rings (SSSR count). The first kappa shape index (κ1) is 16.2. The highest BCUT2D eigenvalue weighted by Crippen LogP contribution is 2.26. The van der Waals surface area contributed by atoms with Crippen molar-refractivity contribution in [2.24, 2.45) is 0 Å². The van der Waals surface area contributed by atoms with Crippen LogP contribution in [0.5, 0.6) is 5.75 Å². The first-order valence-corrected chi connectivity index (χ1v) is 8.63. The fourth-order valence-corrected chi connectivity index (χ4v) is 3.42. The number of hydrogen-bond donors (Lipinski definition) is 2. The zero-order valence-corrected chi connectivity index (χ0v) is 13.5. The molecule has 0 aromatic heterocycles. The van der Waals surface area contributed by atoms with Gasteiger partial charge in [0.25, 0.3) is 0 Å². The number of hydrogen-bond acceptors (Lipinski definition) is 4. The van der Waals surface area contributed by atoms with E-state index in [0.717, 1.165) is 0 Å². The van der Waals surface area contributed by atoms with Gasteiger partial charge in [-0.3, -0.25) is 0 Å². The molecule has 1 aromatic carbocycles. The predicted octanol–water partition coefficient (Wildman–Crippen LogP) is 3.22. The van der Waals surface area contributed by atoms with Crippen LogP contribution in [0, 0.1) is 0 Å². The van der Waals surface area contributed by atoms with Gasteiger partial charge in [0.1, 0.15) is 18.5 Å². The molecule has 1 fully saturated rings. The third-order valence-corrected chi connectivity index (χ3v) is 4.98. The lowest BCUT2D eigenvalue weighted by Gasteiger charge is -2.24. The maximum Gasteiger partial charge on any atom is 0.121 e. The average molecular weight is 336 g/mol. The van der Waals surface area contributed by atoms with E-state index in [1.165, 1.54) is 24.3 Å². The van der Waals surface area contributed by atoms with Crippen LogP contribution in [-0.4, -0.2) is 41.9 Å². The normalized spacial score (nSPS) is 17.9. The highest BCUT2D eigenvalue weighted by Gasteiger charge is 2.14. The Morgan fingerprint density at radius 3 is 2.75 bits per heavy atom. The monoisotopic (exact) mass is 335 g/mol. The summed E-state index contributed by atoms with van der Waals surface area (Å²) in [6.07, 6.45) is 1.81. The van der Waals surface area contributed by atoms with E-state index >= 15 is 0 Å². The van der Waals surface area contributed by atoms with Crippen LogP contribution in [0.25, 0.3) is 0 Å². The number of ether oxygens (including phenoxy) is 1. The van der Waals surface area contributed by atoms with Crippen LogP contribution < -0.4 is 10.1 Å². The molecular formula is C14H19Cl2NO2S. The van der Waals surface area contributed by atoms with Gasteiger partial charge in [0.05, 0.1) is 10.0 Å². The lowest BCUT2D eigenvalue weighted by Crippen LogP contribution is -2.39. The maximum atomic E-state index is 9.91. The van der Waals surface area contributed by atoms with Crippen molar-refractivity contribution in [3.63, 3.8) is 0 Å². The number of benzene rings is 1. The van der Waals surface area contributed by atoms with Gasteiger partial charge in [0.2, 0.25) is 0 Å². The van der Waals surface area contributed by atoms with Crippen LogP contribution in [0.2, 0.25) is 10.0 Å². The lowest BCUT2D eigenvalue weighted by atomic mass is 10.1. The molecule has 0 bridgehead atoms. The van der Waals surface area contributed by atoms with E-state index in [2.05, 4.69) is 5.32 Å². The summed E-state index contributed by atoms with van der Waals surface area (Å²) in [5.74, 6) is 3.02. The minimum Gasteiger partial charge on any atom is -0.491 e. The highest BCUT2D eigenvalue weighted by atomic mass is 35.5. The summed E-state index contributed by atoms with van der Waals surface area (Å²) in [6, 6.07) is 5.61. The third-order valence-electron chi connectivity index (χ3n) is 3.20. The molecule has 1 aromatic rings. The first-order valence-electron chi connectivity index (χ1n) is 6.72. The summed E-state index contributed by atoms with van der Waals surface area (Å²) in [6.45, 7) is 0.795. The van der Waals surface area contributed by atoms with Gasteiger partial charge in [-0.1, -0.05) is 23.2 Å². The van der Waals surface area contributed by atoms with Crippen molar-refractivity contribution in [3.05, 3.63) is 28.2 Å². The Kier molecular flexibility index (Phi) is 6.78. The highest BCUT2D eigenvalue weighted by molar-refractivity contribution is 7.99. The third kappa shape index (κ3) is 5.34. The second-order valence-corrected chi connectivity index (χ2v) is 6.87. The van der Waals surface area contributed by atoms with Crippen LogP contribution in [-0.2, 0) is 0 Å². The molecule has 0 radical (unpaired) electrons. The van der Waals surface area contributed by atoms with E-state index in [0.29, 0.717) is 28.4 Å². The van der Waals surface area contributed by atoms with Gasteiger partial charge >= 0.3 is 0 Å². The van der Waals surface area contributed by atoms with Crippen molar-refractivity contribution in [2.45, 2.75) is 25.0 Å². The summed E-state index contributed by atoms with van der Waals surface area (Å²) in [7, 11) is 0. The minimum absolute atomic E-state index is 0.242. The van der Waals surface area contributed by atoms with Gasteiger partial charge < -0.3 is 15.2 Å². The van der Waals surface area contributed by atoms with Gasteiger partial charge in [0, 0.05) is 18.7 Å². The van der Waals surface area contributed by atoms with Crippen LogP contribution in [0.3, 0.4) is 0 Å². The first-order chi connectivity index (χ1) is 9.65. The number of aliphatic hydroxyl groups excluding tert-OH is 1. The molecule has 1 aliphatic rings. The van der Waals surface area contributed by atoms with Gasteiger partial charge in [-0.05, 0) is 36.5 Å². The van der Waals surface area contributed by atoms with Gasteiger partial charge in [-0.2, -0.15) is 11.8 Å². The molecule has 0 aliphatic carbocycles. The van der Waals surface area contributed by atoms with E-state index in [-0.39, 0.29) is 6.61 Å². The predicted molar refractivity (Wildman–Crippen MR) is 86.3 cm³/mol. The Bertz CT molecular complexity index is 428. The van der Waals surface area contributed by atoms with Gasteiger partial charge in [-0.25, -0.2) is 0 Å². The molecule has 6 heteroatoms. The average Bonchev–Trinajstić information content (AvgIpc) is 2.47. The summed E-state index contributed by atoms with van der Waals surface area (Å²) < 4.78 is 5.51. The molecule has 1 heterocycles. The molecule has 0 saturated carbocycles. The van der Waals surface area contributed by atoms with E-state index < -0.39 is 6.10 Å². The van der Waals surface area contributed by atoms with Crippen LogP contribution in [0.1, 0.15) is 12.8 Å². The minimum atomic E-state index is -0.529. The second kappa shape index (κ2) is 8.35. The Balaban J connectivity index is 1.68. The van der Waals surface area contributed by atoms with Crippen LogP contribution >= 0.6 is 35.0 Å². The van der Waals surface area contributed by atoms with Crippen molar-refractivity contribution < 1.29 is 9.84 Å². The van der Waals surface area contributed by atoms with E-state index in [9.17, 15) is 5.11 Å². The van der Waals surface area contributed by atoms with Crippen molar-refractivity contribution in [2.75, 3.05) is 24.7 Å². The van der Waals surface area contributed by atoms with Crippen LogP contribution in [0.4, 0.5) is 0 Å². The van der Waals surface area contributed by atoms with E-state index in [4.69, 9.17) is 27.9 Å². The zero-order chi connectivity index (χ0) is 14.4. The van der Waals surface area contributed by atoms with E-state index in [1.807, 2.05) is 11.8 Å². The standard InChI is InChI=1S/C14H19Cl2NO2S/c15-13-2-1-12(7-14(13)16)19-9-11(18)8-17-10-3-5-20-6-4-10/h1-2,7,10-11,17-18H,3-6,8-9H2. The fraction of sp³-hybridized carbons (Fsp3) is 0.571. The Morgan fingerprint density at radius 1 is 1.30 bits per heavy atom. The van der Waals surface area contributed by atoms with Gasteiger partial charge in [0.15, 0.2) is 0 Å². The Hall–Kier alpha value is -0.130. The lowest BCUT2D eigenvalue weighted by molar-refractivity contribution is 0.103. The summed E-state index contributed by atoms with van der Waals surface area (Å²) in [5.41, 5.74) is 0. The zero-order valence-electron chi connectivity index (χ0n) is 11.1. The fourth-order valence-electron chi connectivity index (χ4n) is 2.02. The second-order valence-electron chi connectivity index (χ2n) is 4.84. The number of aliphatic hydroxyl groups is 1. The maximum absolute atomic E-state index is 9.91. The SMILES string of the molecule is OC(CNC1CCSCC1)COc1ccc(Cl)c(Cl)c1. The summed E-state index contributed by atoms with van der Waals surface area (Å²) >= 11 is 13.7. The number of thioether (sulfide) groups is 1. The summed E-state index contributed by atoms with van der Waals surface area (Å²) in [4.78, 5) is 0. The molecule has 1 saturated heterocycles. The van der Waals surface area contributed by atoms with Crippen LogP contribution in [0.15, 0.2) is 18.2 Å². The Labute approximate surface area is 134 Å². The van der Waals surface area contributed by atoms with Crippen molar-refractivity contribution in [3.8, 4) is 5.75 Å². The molecule has 112 valence electrons. The van der Waals surface area contributed by atoms with Crippen molar-refractivity contribution in [1.82, 2.24) is 5.32 Å². The van der Waals surface area contributed by atoms with E-state index in [1.54, 1.807) is 18.2 Å². The molecule has 0 spiro atoms. The Morgan fingerprint density at radius 2 is 2.05 bits per heavy atom. The smallest absolute Gasteiger partial charge is 0.121 e. The largest absolute Gasteiger partial charge is 0.491 e. The quantitative estimate of drug-likeness (QED) is 0.837. The number of rotatable bonds is 6. The molecule has 1 aliphatic heterocycles. The molecule has 3 nitrogen and oxygen atoms in total.